The summed E-state index contributed by atoms with van der Waals surface area (Å²) in [5, 5.41) is 3.26. The lowest BCUT2D eigenvalue weighted by Crippen LogP contribution is -2.39. The van der Waals surface area contributed by atoms with Crippen LogP contribution in [0.15, 0.2) is 30.3 Å². The van der Waals surface area contributed by atoms with Gasteiger partial charge in [-0.2, -0.15) is 13.2 Å². The number of hydrogen-bond donors (Lipinski definition) is 1. The number of ether oxygens (including phenoxy) is 1. The molecule has 1 N–H and O–H groups in total. The van der Waals surface area contributed by atoms with Crippen molar-refractivity contribution in [2.45, 2.75) is 45.0 Å². The summed E-state index contributed by atoms with van der Waals surface area (Å²) < 4.78 is 42.0. The van der Waals surface area contributed by atoms with Crippen LogP contribution in [0.4, 0.5) is 13.2 Å². The third-order valence-electron chi connectivity index (χ3n) is 2.69. The lowest BCUT2D eigenvalue weighted by molar-refractivity contribution is -0.149. The molecule has 0 heterocycles. The second-order valence-corrected chi connectivity index (χ2v) is 5.77. The fourth-order valence-corrected chi connectivity index (χ4v) is 1.66. The van der Waals surface area contributed by atoms with E-state index >= 15 is 0 Å². The highest BCUT2D eigenvalue weighted by molar-refractivity contribution is 5.18. The van der Waals surface area contributed by atoms with Crippen LogP contribution in [0.1, 0.15) is 38.9 Å². The van der Waals surface area contributed by atoms with Crippen molar-refractivity contribution in [1.82, 2.24) is 5.32 Å². The third kappa shape index (κ3) is 7.50. The van der Waals surface area contributed by atoms with Crippen molar-refractivity contribution in [2.24, 2.45) is 0 Å². The maximum absolute atomic E-state index is 12.2. The minimum Gasteiger partial charge on any atom is -0.372 e. The van der Waals surface area contributed by atoms with Gasteiger partial charge in [0.05, 0.1) is 19.1 Å². The van der Waals surface area contributed by atoms with E-state index in [4.69, 9.17) is 4.74 Å². The molecule has 5 heteroatoms. The van der Waals surface area contributed by atoms with Gasteiger partial charge in [0.25, 0.3) is 0 Å². The first-order chi connectivity index (χ1) is 9.17. The molecule has 0 bridgehead atoms. The molecule has 20 heavy (non-hydrogen) atoms. The second kappa shape index (κ2) is 7.09. The van der Waals surface area contributed by atoms with Gasteiger partial charge < -0.3 is 10.1 Å². The largest absolute Gasteiger partial charge is 0.391 e. The van der Waals surface area contributed by atoms with E-state index in [-0.39, 0.29) is 18.2 Å². The maximum atomic E-state index is 12.2. The van der Waals surface area contributed by atoms with E-state index in [1.807, 2.05) is 51.1 Å². The first-order valence-corrected chi connectivity index (χ1v) is 6.66. The summed E-state index contributed by atoms with van der Waals surface area (Å²) >= 11 is 0. The number of nitrogens with one attached hydrogen (secondary N) is 1. The highest BCUT2D eigenvalue weighted by atomic mass is 19.4. The van der Waals surface area contributed by atoms with Crippen molar-refractivity contribution < 1.29 is 17.9 Å². The van der Waals surface area contributed by atoms with Crippen LogP contribution in [0, 0.1) is 0 Å². The second-order valence-electron chi connectivity index (χ2n) is 5.77. The Labute approximate surface area is 118 Å². The number of alkyl halides is 3. The lowest BCUT2D eigenvalue weighted by Gasteiger charge is -2.26. The summed E-state index contributed by atoms with van der Waals surface area (Å²) in [5.41, 5.74) is 0.770. The summed E-state index contributed by atoms with van der Waals surface area (Å²) in [5.74, 6) is 0. The zero-order valence-corrected chi connectivity index (χ0v) is 12.1. The maximum Gasteiger partial charge on any atom is 0.391 e. The van der Waals surface area contributed by atoms with Crippen molar-refractivity contribution in [3.05, 3.63) is 35.9 Å². The fraction of sp³-hybridized carbons (Fsp3) is 0.600. The van der Waals surface area contributed by atoms with E-state index in [9.17, 15) is 13.2 Å². The molecule has 114 valence electrons. The SMILES string of the molecule is CC(C)(C)NCC(OCCC(F)(F)F)c1ccccc1. The Morgan fingerprint density at radius 2 is 1.70 bits per heavy atom. The Morgan fingerprint density at radius 3 is 2.20 bits per heavy atom. The number of hydrogen-bond acceptors (Lipinski definition) is 2. The van der Waals surface area contributed by atoms with Gasteiger partial charge in [0.15, 0.2) is 0 Å². The molecule has 1 unspecified atom stereocenters. The van der Waals surface area contributed by atoms with Gasteiger partial charge in [-0.05, 0) is 26.3 Å². The minimum absolute atomic E-state index is 0.111. The molecule has 0 aromatic heterocycles. The highest BCUT2D eigenvalue weighted by Gasteiger charge is 2.27. The summed E-state index contributed by atoms with van der Waals surface area (Å²) in [7, 11) is 0. The van der Waals surface area contributed by atoms with Crippen LogP contribution < -0.4 is 5.32 Å². The molecule has 1 rings (SSSR count). The predicted octanol–water partition coefficient (Wildman–Crippen LogP) is 4.08. The molecule has 1 aromatic rings. The van der Waals surface area contributed by atoms with Gasteiger partial charge in [0.1, 0.15) is 0 Å². The van der Waals surface area contributed by atoms with Crippen LogP contribution in [0.2, 0.25) is 0 Å². The van der Waals surface area contributed by atoms with Gasteiger partial charge in [-0.15, -0.1) is 0 Å². The zero-order chi connectivity index (χ0) is 15.2. The smallest absolute Gasteiger partial charge is 0.372 e. The Balaban J connectivity index is 2.60. The summed E-state index contributed by atoms with van der Waals surface area (Å²) in [6.07, 6.45) is -5.48. The third-order valence-corrected chi connectivity index (χ3v) is 2.69. The number of benzene rings is 1. The van der Waals surface area contributed by atoms with Crippen LogP contribution >= 0.6 is 0 Å². The van der Waals surface area contributed by atoms with Gasteiger partial charge in [-0.1, -0.05) is 30.3 Å². The highest BCUT2D eigenvalue weighted by Crippen LogP contribution is 2.23. The molecule has 0 saturated heterocycles. The Bertz CT molecular complexity index is 384. The standard InChI is InChI=1S/C15H22F3NO/c1-14(2,3)19-11-13(12-7-5-4-6-8-12)20-10-9-15(16,17)18/h4-8,13,19H,9-11H2,1-3H3. The van der Waals surface area contributed by atoms with E-state index in [1.165, 1.54) is 0 Å². The quantitative estimate of drug-likeness (QED) is 0.852. The first-order valence-electron chi connectivity index (χ1n) is 6.66. The number of halogens is 3. The molecule has 0 radical (unpaired) electrons. The minimum atomic E-state index is -4.18. The zero-order valence-electron chi connectivity index (χ0n) is 12.1. The van der Waals surface area contributed by atoms with Crippen LogP contribution in [-0.2, 0) is 4.74 Å². The van der Waals surface area contributed by atoms with Crippen molar-refractivity contribution in [3.63, 3.8) is 0 Å². The molecule has 0 aliphatic heterocycles. The molecule has 2 nitrogen and oxygen atoms in total. The van der Waals surface area contributed by atoms with Crippen molar-refractivity contribution in [3.8, 4) is 0 Å². The van der Waals surface area contributed by atoms with Gasteiger partial charge in [0.2, 0.25) is 0 Å². The van der Waals surface area contributed by atoms with E-state index in [1.54, 1.807) is 0 Å². The molecule has 0 amide bonds. The van der Waals surface area contributed by atoms with Crippen LogP contribution in [-0.4, -0.2) is 24.9 Å². The molecule has 0 aliphatic rings. The Hall–Kier alpha value is -1.07. The van der Waals surface area contributed by atoms with E-state index < -0.39 is 12.6 Å². The van der Waals surface area contributed by atoms with Gasteiger partial charge in [-0.25, -0.2) is 0 Å². The summed E-state index contributed by atoms with van der Waals surface area (Å²) in [6, 6.07) is 9.30. The first kappa shape index (κ1) is 17.0. The van der Waals surface area contributed by atoms with Crippen molar-refractivity contribution in [1.29, 1.82) is 0 Å². The number of rotatable bonds is 6. The normalized spacial score (nSPS) is 14.3. The molecule has 1 atom stereocenters. The van der Waals surface area contributed by atoms with Crippen LogP contribution in [0.25, 0.3) is 0 Å². The van der Waals surface area contributed by atoms with Gasteiger partial charge in [0, 0.05) is 12.1 Å². The lowest BCUT2D eigenvalue weighted by atomic mass is 10.1. The topological polar surface area (TPSA) is 21.3 Å². The van der Waals surface area contributed by atoms with E-state index in [0.717, 1.165) is 5.56 Å². The van der Waals surface area contributed by atoms with E-state index in [2.05, 4.69) is 5.32 Å². The molecule has 0 spiro atoms. The van der Waals surface area contributed by atoms with Crippen molar-refractivity contribution >= 4 is 0 Å². The van der Waals surface area contributed by atoms with Gasteiger partial charge >= 0.3 is 6.18 Å². The van der Waals surface area contributed by atoms with Crippen LogP contribution in [0.3, 0.4) is 0 Å². The average molecular weight is 289 g/mol. The predicted molar refractivity (Wildman–Crippen MR) is 73.6 cm³/mol. The van der Waals surface area contributed by atoms with E-state index in [0.29, 0.717) is 6.54 Å². The summed E-state index contributed by atoms with van der Waals surface area (Å²) in [4.78, 5) is 0. The molecule has 0 fully saturated rings. The fourth-order valence-electron chi connectivity index (χ4n) is 1.66. The molecule has 1 aromatic carbocycles. The summed E-state index contributed by atoms with van der Waals surface area (Å²) in [6.45, 7) is 6.17. The Morgan fingerprint density at radius 1 is 1.10 bits per heavy atom. The van der Waals surface area contributed by atoms with Crippen LogP contribution in [0.5, 0.6) is 0 Å². The van der Waals surface area contributed by atoms with Crippen molar-refractivity contribution in [2.75, 3.05) is 13.2 Å². The average Bonchev–Trinajstić information content (AvgIpc) is 2.32. The Kier molecular flexibility index (Phi) is 6.02. The molecule has 0 saturated carbocycles. The van der Waals surface area contributed by atoms with Gasteiger partial charge in [-0.3, -0.25) is 0 Å². The molecular formula is C15H22F3NO. The monoisotopic (exact) mass is 289 g/mol. The molecular weight excluding hydrogens is 267 g/mol. The molecule has 0 aliphatic carbocycles.